The Morgan fingerprint density at radius 1 is 1.06 bits per heavy atom. The molecule has 16 heavy (non-hydrogen) atoms. The molecule has 0 spiro atoms. The first kappa shape index (κ1) is 10.1. The van der Waals surface area contributed by atoms with E-state index in [2.05, 4.69) is 9.97 Å². The Morgan fingerprint density at radius 3 is 2.56 bits per heavy atom. The zero-order valence-corrected chi connectivity index (χ0v) is 9.59. The smallest absolute Gasteiger partial charge is 0.254 e. The van der Waals surface area contributed by atoms with Gasteiger partial charge in [0.25, 0.3) is 5.56 Å². The predicted octanol–water partition coefficient (Wildman–Crippen LogP) is 2.31. The number of hydrogen-bond donors (Lipinski definition) is 1. The topological polar surface area (TPSA) is 45.8 Å². The molecular weight excluding hydrogens is 200 g/mol. The minimum absolute atomic E-state index is 0.133. The van der Waals surface area contributed by atoms with E-state index in [0.717, 1.165) is 36.3 Å². The molecule has 3 heteroatoms. The number of aryl methyl sites for hydroxylation is 1. The van der Waals surface area contributed by atoms with Gasteiger partial charge in [-0.3, -0.25) is 4.79 Å². The fraction of sp³-hybridized carbons (Fsp3) is 0.692. The highest BCUT2D eigenvalue weighted by Crippen LogP contribution is 2.37. The number of H-pyrrole nitrogens is 1. The molecule has 3 nitrogen and oxygen atoms in total. The van der Waals surface area contributed by atoms with Gasteiger partial charge in [-0.25, -0.2) is 4.98 Å². The molecule has 1 fully saturated rings. The first-order valence-electron chi connectivity index (χ1n) is 6.46. The van der Waals surface area contributed by atoms with Gasteiger partial charge in [0.1, 0.15) is 5.82 Å². The highest BCUT2D eigenvalue weighted by atomic mass is 16.1. The Kier molecular flexibility index (Phi) is 2.54. The molecule has 0 atom stereocenters. The van der Waals surface area contributed by atoms with E-state index >= 15 is 0 Å². The van der Waals surface area contributed by atoms with Crippen molar-refractivity contribution < 1.29 is 0 Å². The van der Waals surface area contributed by atoms with Gasteiger partial charge in [0, 0.05) is 11.5 Å². The molecule has 3 rings (SSSR count). The second kappa shape index (κ2) is 4.04. The number of rotatable bonds is 1. The summed E-state index contributed by atoms with van der Waals surface area (Å²) in [5.74, 6) is 1.49. The van der Waals surface area contributed by atoms with Crippen LogP contribution in [0.3, 0.4) is 0 Å². The minimum Gasteiger partial charge on any atom is -0.310 e. The van der Waals surface area contributed by atoms with Crippen molar-refractivity contribution >= 4 is 0 Å². The van der Waals surface area contributed by atoms with Crippen molar-refractivity contribution in [1.29, 1.82) is 0 Å². The number of aromatic nitrogens is 2. The summed E-state index contributed by atoms with van der Waals surface area (Å²) >= 11 is 0. The quantitative estimate of drug-likeness (QED) is 0.786. The van der Waals surface area contributed by atoms with E-state index in [1.807, 2.05) is 0 Å². The molecule has 0 bridgehead atoms. The largest absolute Gasteiger partial charge is 0.310 e. The third-order valence-electron chi connectivity index (χ3n) is 3.67. The van der Waals surface area contributed by atoms with Crippen molar-refractivity contribution in [2.24, 2.45) is 0 Å². The van der Waals surface area contributed by atoms with Crippen LogP contribution in [0.15, 0.2) is 4.79 Å². The summed E-state index contributed by atoms with van der Waals surface area (Å²) in [6.07, 6.45) is 9.18. The lowest BCUT2D eigenvalue weighted by Crippen LogP contribution is -2.21. The number of aromatic amines is 1. The van der Waals surface area contributed by atoms with Crippen LogP contribution in [0.4, 0.5) is 0 Å². The summed E-state index contributed by atoms with van der Waals surface area (Å²) in [6.45, 7) is 0. The van der Waals surface area contributed by atoms with E-state index in [1.165, 1.54) is 32.1 Å². The van der Waals surface area contributed by atoms with E-state index in [4.69, 9.17) is 0 Å². The first-order chi connectivity index (χ1) is 7.84. The van der Waals surface area contributed by atoms with Gasteiger partial charge in [-0.15, -0.1) is 0 Å². The molecule has 1 aromatic heterocycles. The molecule has 0 aromatic carbocycles. The SMILES string of the molecule is O=c1[nH]c(C2CC2)nc2c1CCCCCC2. The number of fused-ring (bicyclic) bond motifs is 1. The van der Waals surface area contributed by atoms with E-state index in [9.17, 15) is 4.79 Å². The zero-order valence-electron chi connectivity index (χ0n) is 9.59. The fourth-order valence-electron chi connectivity index (χ4n) is 2.53. The highest BCUT2D eigenvalue weighted by molar-refractivity contribution is 5.21. The maximum Gasteiger partial charge on any atom is 0.254 e. The molecule has 0 unspecified atom stereocenters. The molecule has 0 amide bonds. The summed E-state index contributed by atoms with van der Waals surface area (Å²) in [7, 11) is 0. The molecule has 1 N–H and O–H groups in total. The molecule has 0 aliphatic heterocycles. The lowest BCUT2D eigenvalue weighted by atomic mass is 9.98. The fourth-order valence-corrected chi connectivity index (χ4v) is 2.53. The number of nitrogens with zero attached hydrogens (tertiary/aromatic N) is 1. The first-order valence-corrected chi connectivity index (χ1v) is 6.46. The van der Waals surface area contributed by atoms with Crippen LogP contribution >= 0.6 is 0 Å². The summed E-state index contributed by atoms with van der Waals surface area (Å²) in [5, 5.41) is 0. The van der Waals surface area contributed by atoms with Crippen molar-refractivity contribution in [3.63, 3.8) is 0 Å². The zero-order chi connectivity index (χ0) is 11.0. The Hall–Kier alpha value is -1.12. The van der Waals surface area contributed by atoms with Gasteiger partial charge in [0.15, 0.2) is 0 Å². The van der Waals surface area contributed by atoms with Gasteiger partial charge < -0.3 is 4.98 Å². The monoisotopic (exact) mass is 218 g/mol. The van der Waals surface area contributed by atoms with Crippen molar-refractivity contribution in [2.45, 2.75) is 57.3 Å². The van der Waals surface area contributed by atoms with Crippen LogP contribution in [-0.4, -0.2) is 9.97 Å². The Bertz CT molecular complexity index is 446. The normalized spacial score (nSPS) is 21.0. The van der Waals surface area contributed by atoms with Gasteiger partial charge in [0.2, 0.25) is 0 Å². The van der Waals surface area contributed by atoms with Crippen molar-refractivity contribution in [1.82, 2.24) is 9.97 Å². The standard InChI is InChI=1S/C13H18N2O/c16-13-10-5-3-1-2-4-6-11(10)14-12(15-13)9-7-8-9/h9H,1-8H2,(H,14,15,16). The van der Waals surface area contributed by atoms with Crippen molar-refractivity contribution in [3.8, 4) is 0 Å². The minimum atomic E-state index is 0.133. The van der Waals surface area contributed by atoms with Gasteiger partial charge in [0.05, 0.1) is 5.69 Å². The predicted molar refractivity (Wildman–Crippen MR) is 62.7 cm³/mol. The van der Waals surface area contributed by atoms with E-state index < -0.39 is 0 Å². The maximum absolute atomic E-state index is 12.0. The van der Waals surface area contributed by atoms with Crippen LogP contribution in [0.1, 0.15) is 61.5 Å². The van der Waals surface area contributed by atoms with E-state index in [-0.39, 0.29) is 5.56 Å². The average molecular weight is 218 g/mol. The van der Waals surface area contributed by atoms with Gasteiger partial charge in [-0.05, 0) is 38.5 Å². The summed E-state index contributed by atoms with van der Waals surface area (Å²) < 4.78 is 0. The molecule has 2 aliphatic carbocycles. The second-order valence-corrected chi connectivity index (χ2v) is 5.06. The van der Waals surface area contributed by atoms with Crippen LogP contribution in [0, 0.1) is 0 Å². The van der Waals surface area contributed by atoms with E-state index in [1.54, 1.807) is 0 Å². The van der Waals surface area contributed by atoms with Gasteiger partial charge in [-0.2, -0.15) is 0 Å². The third kappa shape index (κ3) is 1.91. The van der Waals surface area contributed by atoms with E-state index in [0.29, 0.717) is 5.92 Å². The highest BCUT2D eigenvalue weighted by Gasteiger charge is 2.27. The summed E-state index contributed by atoms with van der Waals surface area (Å²) in [5.41, 5.74) is 2.18. The summed E-state index contributed by atoms with van der Waals surface area (Å²) in [6, 6.07) is 0. The molecule has 1 heterocycles. The van der Waals surface area contributed by atoms with Crippen molar-refractivity contribution in [2.75, 3.05) is 0 Å². The lowest BCUT2D eigenvalue weighted by Gasteiger charge is -2.12. The molecule has 86 valence electrons. The van der Waals surface area contributed by atoms with Crippen LogP contribution in [0.5, 0.6) is 0 Å². The Balaban J connectivity index is 2.01. The summed E-state index contributed by atoms with van der Waals surface area (Å²) in [4.78, 5) is 19.6. The maximum atomic E-state index is 12.0. The number of hydrogen-bond acceptors (Lipinski definition) is 2. The Labute approximate surface area is 95.3 Å². The lowest BCUT2D eigenvalue weighted by molar-refractivity contribution is 0.599. The molecule has 0 radical (unpaired) electrons. The molecule has 0 saturated heterocycles. The molecule has 1 saturated carbocycles. The molecule has 1 aromatic rings. The van der Waals surface area contributed by atoms with Crippen LogP contribution in [0.2, 0.25) is 0 Å². The van der Waals surface area contributed by atoms with Crippen LogP contribution in [0.25, 0.3) is 0 Å². The average Bonchev–Trinajstić information content (AvgIpc) is 3.02. The second-order valence-electron chi connectivity index (χ2n) is 5.06. The van der Waals surface area contributed by atoms with Crippen LogP contribution in [-0.2, 0) is 12.8 Å². The third-order valence-corrected chi connectivity index (χ3v) is 3.67. The van der Waals surface area contributed by atoms with Crippen LogP contribution < -0.4 is 5.56 Å². The van der Waals surface area contributed by atoms with Crippen molar-refractivity contribution in [3.05, 3.63) is 27.4 Å². The van der Waals surface area contributed by atoms with Gasteiger partial charge in [-0.1, -0.05) is 12.8 Å². The Morgan fingerprint density at radius 2 is 1.81 bits per heavy atom. The molecular formula is C13H18N2O. The van der Waals surface area contributed by atoms with Gasteiger partial charge >= 0.3 is 0 Å². The number of nitrogens with one attached hydrogen (secondary N) is 1. The molecule has 2 aliphatic rings.